The van der Waals surface area contributed by atoms with Crippen LogP contribution in [0, 0.1) is 5.92 Å². The van der Waals surface area contributed by atoms with Crippen molar-refractivity contribution in [2.45, 2.75) is 44.7 Å². The molecule has 5 nitrogen and oxygen atoms in total. The molecule has 0 saturated heterocycles. The number of aromatic nitrogens is 1. The SMILES string of the molecule is CCN(CC1CC1)S(=O)(=O)c1cc(CNC)n(CC)c1. The highest BCUT2D eigenvalue weighted by Gasteiger charge is 2.31. The van der Waals surface area contributed by atoms with Crippen molar-refractivity contribution in [1.29, 1.82) is 0 Å². The molecule has 20 heavy (non-hydrogen) atoms. The first kappa shape index (κ1) is 15.5. The number of hydrogen-bond acceptors (Lipinski definition) is 3. The average molecular weight is 299 g/mol. The summed E-state index contributed by atoms with van der Waals surface area (Å²) in [4.78, 5) is 0.423. The molecular formula is C14H25N3O2S. The van der Waals surface area contributed by atoms with E-state index in [1.807, 2.05) is 25.5 Å². The fraction of sp³-hybridized carbons (Fsp3) is 0.714. The normalized spacial score (nSPS) is 16.0. The maximum Gasteiger partial charge on any atom is 0.244 e. The van der Waals surface area contributed by atoms with Crippen molar-refractivity contribution in [1.82, 2.24) is 14.2 Å². The molecule has 1 aliphatic carbocycles. The van der Waals surface area contributed by atoms with Gasteiger partial charge in [-0.05, 0) is 38.8 Å². The van der Waals surface area contributed by atoms with Gasteiger partial charge in [0.25, 0.3) is 0 Å². The molecule has 0 radical (unpaired) electrons. The fourth-order valence-electron chi connectivity index (χ4n) is 2.42. The maximum absolute atomic E-state index is 12.7. The van der Waals surface area contributed by atoms with Crippen LogP contribution in [0.15, 0.2) is 17.2 Å². The lowest BCUT2D eigenvalue weighted by Crippen LogP contribution is -2.32. The third-order valence-corrected chi connectivity index (χ3v) is 5.71. The van der Waals surface area contributed by atoms with Crippen LogP contribution in [0.25, 0.3) is 0 Å². The third kappa shape index (κ3) is 3.24. The fourth-order valence-corrected chi connectivity index (χ4v) is 4.02. The number of nitrogens with zero attached hydrogens (tertiary/aromatic N) is 2. The zero-order valence-corrected chi connectivity index (χ0v) is 13.4. The lowest BCUT2D eigenvalue weighted by molar-refractivity contribution is 0.412. The van der Waals surface area contributed by atoms with Gasteiger partial charge < -0.3 is 9.88 Å². The Morgan fingerprint density at radius 2 is 2.10 bits per heavy atom. The Bertz CT molecular complexity index is 547. The van der Waals surface area contributed by atoms with Crippen LogP contribution in [0.1, 0.15) is 32.4 Å². The lowest BCUT2D eigenvalue weighted by atomic mass is 10.4. The minimum atomic E-state index is -3.35. The van der Waals surface area contributed by atoms with E-state index in [0.29, 0.717) is 30.4 Å². The Morgan fingerprint density at radius 3 is 2.60 bits per heavy atom. The molecule has 1 N–H and O–H groups in total. The summed E-state index contributed by atoms with van der Waals surface area (Å²) in [6.07, 6.45) is 4.08. The van der Waals surface area contributed by atoms with E-state index in [4.69, 9.17) is 0 Å². The molecule has 0 spiro atoms. The van der Waals surface area contributed by atoms with E-state index in [9.17, 15) is 8.42 Å². The van der Waals surface area contributed by atoms with Crippen LogP contribution in [-0.2, 0) is 23.1 Å². The van der Waals surface area contributed by atoms with Gasteiger partial charge in [-0.1, -0.05) is 6.92 Å². The number of sulfonamides is 1. The molecule has 0 aliphatic heterocycles. The minimum Gasteiger partial charge on any atom is -0.349 e. The molecule has 1 aliphatic rings. The second-order valence-electron chi connectivity index (χ2n) is 5.38. The molecule has 1 aromatic heterocycles. The van der Waals surface area contributed by atoms with Crippen LogP contribution in [-0.4, -0.2) is 37.4 Å². The van der Waals surface area contributed by atoms with Gasteiger partial charge in [-0.25, -0.2) is 8.42 Å². The van der Waals surface area contributed by atoms with Gasteiger partial charge in [0.15, 0.2) is 0 Å². The Kier molecular flexibility index (Phi) is 4.88. The van der Waals surface area contributed by atoms with Crippen LogP contribution in [0.2, 0.25) is 0 Å². The molecule has 0 atom stereocenters. The van der Waals surface area contributed by atoms with Crippen LogP contribution in [0.3, 0.4) is 0 Å². The van der Waals surface area contributed by atoms with Crippen molar-refractivity contribution in [3.05, 3.63) is 18.0 Å². The molecule has 0 bridgehead atoms. The Balaban J connectivity index is 2.27. The van der Waals surface area contributed by atoms with Crippen molar-refractivity contribution in [3.8, 4) is 0 Å². The largest absolute Gasteiger partial charge is 0.349 e. The molecule has 6 heteroatoms. The topological polar surface area (TPSA) is 54.3 Å². The van der Waals surface area contributed by atoms with Crippen LogP contribution in [0.4, 0.5) is 0 Å². The Hall–Kier alpha value is -0.850. The second-order valence-corrected chi connectivity index (χ2v) is 7.32. The summed E-state index contributed by atoms with van der Waals surface area (Å²) >= 11 is 0. The highest BCUT2D eigenvalue weighted by Crippen LogP contribution is 2.31. The van der Waals surface area contributed by atoms with Crippen molar-refractivity contribution in [3.63, 3.8) is 0 Å². The number of hydrogen-bond donors (Lipinski definition) is 1. The van der Waals surface area contributed by atoms with E-state index >= 15 is 0 Å². The third-order valence-electron chi connectivity index (χ3n) is 3.81. The summed E-state index contributed by atoms with van der Waals surface area (Å²) in [6, 6.07) is 1.80. The van der Waals surface area contributed by atoms with Crippen molar-refractivity contribution in [2.24, 2.45) is 5.92 Å². The van der Waals surface area contributed by atoms with Gasteiger partial charge in [0.05, 0.1) is 0 Å². The smallest absolute Gasteiger partial charge is 0.244 e. The molecule has 0 amide bonds. The molecule has 1 fully saturated rings. The van der Waals surface area contributed by atoms with Gasteiger partial charge in [-0.2, -0.15) is 4.31 Å². The van der Waals surface area contributed by atoms with Gasteiger partial charge >= 0.3 is 0 Å². The Morgan fingerprint density at radius 1 is 1.40 bits per heavy atom. The molecule has 1 saturated carbocycles. The van der Waals surface area contributed by atoms with E-state index in [1.165, 1.54) is 0 Å². The number of aryl methyl sites for hydroxylation is 1. The Labute approximate surface area is 122 Å². The second kappa shape index (κ2) is 6.28. The van der Waals surface area contributed by atoms with Gasteiger partial charge in [0.2, 0.25) is 10.0 Å². The first-order valence-electron chi connectivity index (χ1n) is 7.36. The van der Waals surface area contributed by atoms with E-state index in [0.717, 1.165) is 25.1 Å². The zero-order valence-electron chi connectivity index (χ0n) is 12.6. The molecule has 2 rings (SSSR count). The highest BCUT2D eigenvalue weighted by atomic mass is 32.2. The highest BCUT2D eigenvalue weighted by molar-refractivity contribution is 7.89. The molecule has 0 aromatic carbocycles. The summed E-state index contributed by atoms with van der Waals surface area (Å²) in [6.45, 7) is 6.59. The number of rotatable bonds is 8. The van der Waals surface area contributed by atoms with Crippen LogP contribution < -0.4 is 5.32 Å². The number of nitrogens with one attached hydrogen (secondary N) is 1. The van der Waals surface area contributed by atoms with E-state index < -0.39 is 10.0 Å². The zero-order chi connectivity index (χ0) is 14.8. The standard InChI is InChI=1S/C14H25N3O2S/c1-4-16-11-14(8-13(16)9-15-3)20(18,19)17(5-2)10-12-6-7-12/h8,11-12,15H,4-7,9-10H2,1-3H3. The van der Waals surface area contributed by atoms with Crippen LogP contribution >= 0.6 is 0 Å². The van der Waals surface area contributed by atoms with Gasteiger partial charge in [-0.3, -0.25) is 0 Å². The summed E-state index contributed by atoms with van der Waals surface area (Å²) in [5, 5.41) is 3.08. The maximum atomic E-state index is 12.7. The van der Waals surface area contributed by atoms with E-state index in [1.54, 1.807) is 16.6 Å². The first-order chi connectivity index (χ1) is 9.52. The monoisotopic (exact) mass is 299 g/mol. The molecule has 0 unspecified atom stereocenters. The molecule has 114 valence electrons. The van der Waals surface area contributed by atoms with Crippen molar-refractivity contribution >= 4 is 10.0 Å². The average Bonchev–Trinajstić information content (AvgIpc) is 3.15. The van der Waals surface area contributed by atoms with Gasteiger partial charge in [0, 0.05) is 38.1 Å². The predicted octanol–water partition coefficient (Wildman–Crippen LogP) is 1.65. The van der Waals surface area contributed by atoms with Crippen LogP contribution in [0.5, 0.6) is 0 Å². The van der Waals surface area contributed by atoms with E-state index in [2.05, 4.69) is 5.32 Å². The molecule has 1 heterocycles. The minimum absolute atomic E-state index is 0.423. The van der Waals surface area contributed by atoms with Gasteiger partial charge in [0.1, 0.15) is 4.90 Å². The van der Waals surface area contributed by atoms with E-state index in [-0.39, 0.29) is 0 Å². The first-order valence-corrected chi connectivity index (χ1v) is 8.80. The summed E-state index contributed by atoms with van der Waals surface area (Å²) in [5.41, 5.74) is 1.01. The van der Waals surface area contributed by atoms with Gasteiger partial charge in [-0.15, -0.1) is 0 Å². The summed E-state index contributed by atoms with van der Waals surface area (Å²) < 4.78 is 29.0. The molecular weight excluding hydrogens is 274 g/mol. The predicted molar refractivity (Wildman–Crippen MR) is 80.0 cm³/mol. The lowest BCUT2D eigenvalue weighted by Gasteiger charge is -2.19. The molecule has 1 aromatic rings. The summed E-state index contributed by atoms with van der Waals surface area (Å²) in [7, 11) is -1.48. The van der Waals surface area contributed by atoms with Crippen molar-refractivity contribution in [2.75, 3.05) is 20.1 Å². The van der Waals surface area contributed by atoms with Crippen molar-refractivity contribution < 1.29 is 8.42 Å². The quantitative estimate of drug-likeness (QED) is 0.794. The summed E-state index contributed by atoms with van der Waals surface area (Å²) in [5.74, 6) is 0.565.